The van der Waals surface area contributed by atoms with E-state index in [9.17, 15) is 14.9 Å². The minimum absolute atomic E-state index is 0.0169. The molecule has 0 fully saturated rings. The Morgan fingerprint density at radius 3 is 2.20 bits per heavy atom. The van der Waals surface area contributed by atoms with E-state index >= 15 is 0 Å². The van der Waals surface area contributed by atoms with E-state index in [1.54, 1.807) is 42.5 Å². The second kappa shape index (κ2) is 8.22. The van der Waals surface area contributed by atoms with Crippen molar-refractivity contribution in [2.75, 3.05) is 4.90 Å². The summed E-state index contributed by atoms with van der Waals surface area (Å²) in [6.07, 6.45) is 1.61. The number of nitrogens with zero attached hydrogens (tertiary/aromatic N) is 3. The molecule has 0 N–H and O–H groups in total. The van der Waals surface area contributed by atoms with Crippen LogP contribution in [0.25, 0.3) is 6.08 Å². The molecule has 0 aliphatic carbocycles. The number of non-ortho nitro benzene ring substituents is 1. The van der Waals surface area contributed by atoms with E-state index in [0.717, 1.165) is 10.0 Å². The predicted octanol–water partition coefficient (Wildman–Crippen LogP) is 5.85. The van der Waals surface area contributed by atoms with E-state index in [2.05, 4.69) is 20.9 Å². The average Bonchev–Trinajstić information content (AvgIpc) is 3.06. The third-order valence-corrected chi connectivity index (χ3v) is 5.24. The molecule has 30 heavy (non-hydrogen) atoms. The largest absolute Gasteiger partial charge is 0.282 e. The van der Waals surface area contributed by atoms with Crippen molar-refractivity contribution in [2.24, 2.45) is 4.99 Å². The fourth-order valence-electron chi connectivity index (χ4n) is 2.99. The van der Waals surface area contributed by atoms with Gasteiger partial charge < -0.3 is 0 Å². The van der Waals surface area contributed by atoms with Gasteiger partial charge in [-0.05, 0) is 60.2 Å². The summed E-state index contributed by atoms with van der Waals surface area (Å²) in [4.78, 5) is 29.7. The molecule has 1 aliphatic heterocycles. The summed E-state index contributed by atoms with van der Waals surface area (Å²) in [5.74, 6) is 0.191. The first kappa shape index (κ1) is 20.0. The van der Waals surface area contributed by atoms with Crippen molar-refractivity contribution in [1.82, 2.24) is 0 Å². The number of anilines is 1. The fraction of sp³-hybridized carbons (Fsp3) is 0. The van der Waals surface area contributed by atoms with Gasteiger partial charge >= 0.3 is 0 Å². The molecule has 3 aromatic rings. The fourth-order valence-corrected chi connectivity index (χ4v) is 3.38. The van der Waals surface area contributed by atoms with Crippen LogP contribution in [0.3, 0.4) is 0 Å². The van der Waals surface area contributed by atoms with Crippen LogP contribution in [0.15, 0.2) is 88.0 Å². The molecule has 148 valence electrons. The van der Waals surface area contributed by atoms with Crippen LogP contribution in [0.4, 0.5) is 11.4 Å². The molecule has 1 heterocycles. The molecule has 0 atom stereocenters. The Kier molecular flexibility index (Phi) is 5.48. The molecule has 4 rings (SSSR count). The number of amidine groups is 1. The quantitative estimate of drug-likeness (QED) is 0.266. The first-order chi connectivity index (χ1) is 14.4. The van der Waals surface area contributed by atoms with Crippen molar-refractivity contribution < 1.29 is 9.72 Å². The van der Waals surface area contributed by atoms with Gasteiger partial charge in [0.1, 0.15) is 11.5 Å². The average molecular weight is 483 g/mol. The van der Waals surface area contributed by atoms with Crippen molar-refractivity contribution in [3.05, 3.63) is 109 Å². The molecule has 0 aromatic heterocycles. The number of amides is 1. The number of benzene rings is 3. The summed E-state index contributed by atoms with van der Waals surface area (Å²) >= 11 is 9.41. The van der Waals surface area contributed by atoms with Crippen LogP contribution in [0.2, 0.25) is 5.02 Å². The van der Waals surface area contributed by atoms with E-state index in [1.165, 1.54) is 17.0 Å². The zero-order valence-corrected chi connectivity index (χ0v) is 17.7. The highest BCUT2D eigenvalue weighted by molar-refractivity contribution is 9.10. The summed E-state index contributed by atoms with van der Waals surface area (Å²) in [6.45, 7) is 0. The van der Waals surface area contributed by atoms with Crippen LogP contribution in [0, 0.1) is 10.1 Å². The number of carbonyl (C=O) groups is 1. The minimum atomic E-state index is -0.469. The molecule has 0 saturated carbocycles. The molecule has 0 unspecified atom stereocenters. The van der Waals surface area contributed by atoms with Gasteiger partial charge in [0.25, 0.3) is 11.6 Å². The lowest BCUT2D eigenvalue weighted by Crippen LogP contribution is -2.32. The van der Waals surface area contributed by atoms with E-state index < -0.39 is 4.92 Å². The molecule has 0 radical (unpaired) electrons. The topological polar surface area (TPSA) is 75.8 Å². The number of halogens is 2. The molecule has 1 amide bonds. The predicted molar refractivity (Wildman–Crippen MR) is 121 cm³/mol. The number of aliphatic imine (C=N–C) groups is 1. The normalized spacial score (nSPS) is 14.9. The van der Waals surface area contributed by atoms with Crippen LogP contribution >= 0.6 is 27.5 Å². The maximum atomic E-state index is 13.2. The number of rotatable bonds is 4. The van der Waals surface area contributed by atoms with Crippen LogP contribution in [0.1, 0.15) is 11.1 Å². The van der Waals surface area contributed by atoms with Crippen LogP contribution in [-0.2, 0) is 4.79 Å². The lowest BCUT2D eigenvalue weighted by atomic mass is 10.1. The van der Waals surface area contributed by atoms with Gasteiger partial charge in [-0.3, -0.25) is 19.8 Å². The van der Waals surface area contributed by atoms with Crippen LogP contribution in [-0.4, -0.2) is 16.7 Å². The van der Waals surface area contributed by atoms with E-state index in [4.69, 9.17) is 11.6 Å². The van der Waals surface area contributed by atoms with Crippen LogP contribution in [0.5, 0.6) is 0 Å². The molecule has 8 heteroatoms. The summed E-state index contributed by atoms with van der Waals surface area (Å²) < 4.78 is 0.913. The number of carbonyl (C=O) groups excluding carboxylic acids is 1. The van der Waals surface area contributed by atoms with E-state index in [0.29, 0.717) is 22.1 Å². The third kappa shape index (κ3) is 4.03. The van der Waals surface area contributed by atoms with Crippen molar-refractivity contribution in [1.29, 1.82) is 0 Å². The van der Waals surface area contributed by atoms with Crippen LogP contribution < -0.4 is 4.90 Å². The van der Waals surface area contributed by atoms with Crippen molar-refractivity contribution in [3.8, 4) is 0 Å². The highest BCUT2D eigenvalue weighted by Gasteiger charge is 2.32. The smallest absolute Gasteiger partial charge is 0.266 e. The molecule has 0 spiro atoms. The maximum absolute atomic E-state index is 13.2. The van der Waals surface area contributed by atoms with Gasteiger partial charge in [-0.25, -0.2) is 4.99 Å². The number of hydrogen-bond acceptors (Lipinski definition) is 4. The Bertz CT molecular complexity index is 1190. The molecule has 1 aliphatic rings. The number of nitro benzene ring substituents is 1. The zero-order chi connectivity index (χ0) is 21.3. The van der Waals surface area contributed by atoms with Crippen molar-refractivity contribution in [3.63, 3.8) is 0 Å². The molecular weight excluding hydrogens is 470 g/mol. The SMILES string of the molecule is O=C1/C(=C\c2ccc([N+](=O)[O-])cc2)N=C(c2ccc(Br)cc2)N1c1ccc(Cl)cc1. The highest BCUT2D eigenvalue weighted by atomic mass is 79.9. The first-order valence-electron chi connectivity index (χ1n) is 8.83. The molecule has 0 bridgehead atoms. The Balaban J connectivity index is 1.78. The lowest BCUT2D eigenvalue weighted by molar-refractivity contribution is -0.384. The summed E-state index contributed by atoms with van der Waals surface area (Å²) in [6, 6.07) is 20.4. The van der Waals surface area contributed by atoms with Crippen molar-refractivity contribution >= 4 is 56.7 Å². The number of nitro groups is 1. The lowest BCUT2D eigenvalue weighted by Gasteiger charge is -2.18. The van der Waals surface area contributed by atoms with Gasteiger partial charge in [0.05, 0.1) is 10.6 Å². The molecule has 0 saturated heterocycles. The summed E-state index contributed by atoms with van der Waals surface area (Å²) in [5, 5.41) is 11.4. The Morgan fingerprint density at radius 2 is 1.60 bits per heavy atom. The Hall–Kier alpha value is -3.29. The maximum Gasteiger partial charge on any atom is 0.282 e. The van der Waals surface area contributed by atoms with Gasteiger partial charge in [0, 0.05) is 27.2 Å². The van der Waals surface area contributed by atoms with Crippen molar-refractivity contribution in [2.45, 2.75) is 0 Å². The standard InChI is InChI=1S/C22H13BrClN3O3/c23-16-5-3-15(4-6-16)21-25-20(13-14-1-9-19(10-2-14)27(29)30)22(28)26(21)18-11-7-17(24)8-12-18/h1-13H/b20-13+. The Labute approximate surface area is 185 Å². The third-order valence-electron chi connectivity index (χ3n) is 4.45. The summed E-state index contributed by atoms with van der Waals surface area (Å²) in [5.41, 5.74) is 2.26. The van der Waals surface area contributed by atoms with Gasteiger partial charge in [0.2, 0.25) is 0 Å². The minimum Gasteiger partial charge on any atom is -0.266 e. The zero-order valence-electron chi connectivity index (χ0n) is 15.3. The van der Waals surface area contributed by atoms with Gasteiger partial charge in [-0.2, -0.15) is 0 Å². The second-order valence-corrected chi connectivity index (χ2v) is 7.79. The second-order valence-electron chi connectivity index (χ2n) is 6.44. The van der Waals surface area contributed by atoms with Gasteiger partial charge in [-0.1, -0.05) is 39.7 Å². The van der Waals surface area contributed by atoms with Gasteiger partial charge in [0.15, 0.2) is 0 Å². The van der Waals surface area contributed by atoms with Gasteiger partial charge in [-0.15, -0.1) is 0 Å². The molecule has 6 nitrogen and oxygen atoms in total. The molecular formula is C22H13BrClN3O3. The Morgan fingerprint density at radius 1 is 0.967 bits per heavy atom. The number of hydrogen-bond donors (Lipinski definition) is 0. The molecule has 3 aromatic carbocycles. The van der Waals surface area contributed by atoms with E-state index in [1.807, 2.05) is 24.3 Å². The monoisotopic (exact) mass is 481 g/mol. The summed E-state index contributed by atoms with van der Waals surface area (Å²) in [7, 11) is 0. The van der Waals surface area contributed by atoms with E-state index in [-0.39, 0.29) is 17.3 Å². The highest BCUT2D eigenvalue weighted by Crippen LogP contribution is 2.29. The first-order valence-corrected chi connectivity index (χ1v) is 10.0.